The topological polar surface area (TPSA) is 72.5 Å². The van der Waals surface area contributed by atoms with Crippen molar-refractivity contribution in [1.29, 1.82) is 0 Å². The zero-order valence-corrected chi connectivity index (χ0v) is 9.59. The fraction of sp³-hybridized carbons (Fsp3) is 0.154. The van der Waals surface area contributed by atoms with Crippen molar-refractivity contribution in [2.24, 2.45) is 0 Å². The maximum absolute atomic E-state index is 11.0. The van der Waals surface area contributed by atoms with Gasteiger partial charge in [0, 0.05) is 6.08 Å². The molecule has 3 N–H and O–H groups in total. The summed E-state index contributed by atoms with van der Waals surface area (Å²) < 4.78 is 4.72. The Bertz CT molecular complexity index is 450. The molecule has 0 saturated heterocycles. The Morgan fingerprint density at radius 2 is 2.24 bits per heavy atom. The van der Waals surface area contributed by atoms with Crippen molar-refractivity contribution >= 4 is 17.7 Å². The van der Waals surface area contributed by atoms with E-state index in [0.29, 0.717) is 12.3 Å². The van der Waals surface area contributed by atoms with Gasteiger partial charge in [-0.3, -0.25) is 0 Å². The van der Waals surface area contributed by atoms with E-state index in [9.17, 15) is 9.90 Å². The summed E-state index contributed by atoms with van der Waals surface area (Å²) in [5.41, 5.74) is 6.70. The van der Waals surface area contributed by atoms with Gasteiger partial charge in [-0.1, -0.05) is 24.3 Å². The Hall–Kier alpha value is -2.23. The predicted octanol–water partition coefficient (Wildman–Crippen LogP) is 2.11. The van der Waals surface area contributed by atoms with E-state index in [1.54, 1.807) is 37.3 Å². The van der Waals surface area contributed by atoms with Gasteiger partial charge in [-0.25, -0.2) is 4.79 Å². The van der Waals surface area contributed by atoms with E-state index in [1.807, 2.05) is 0 Å². The minimum Gasteiger partial charge on any atom is -0.506 e. The fourth-order valence-electron chi connectivity index (χ4n) is 1.17. The van der Waals surface area contributed by atoms with Crippen LogP contribution in [0.15, 0.2) is 36.4 Å². The lowest BCUT2D eigenvalue weighted by molar-refractivity contribution is -0.137. The quantitative estimate of drug-likeness (QED) is 0.274. The summed E-state index contributed by atoms with van der Waals surface area (Å²) in [5.74, 6) is -0.313. The summed E-state index contributed by atoms with van der Waals surface area (Å²) in [5, 5.41) is 9.22. The number of hydrogen-bond acceptors (Lipinski definition) is 4. The third kappa shape index (κ3) is 4.42. The summed E-state index contributed by atoms with van der Waals surface area (Å²) in [6.07, 6.45) is 6.39. The second-order valence-corrected chi connectivity index (χ2v) is 3.29. The van der Waals surface area contributed by atoms with E-state index in [-0.39, 0.29) is 11.7 Å². The number of anilines is 1. The van der Waals surface area contributed by atoms with Gasteiger partial charge >= 0.3 is 5.97 Å². The number of benzene rings is 1. The molecule has 1 aromatic rings. The largest absolute Gasteiger partial charge is 0.506 e. The van der Waals surface area contributed by atoms with Gasteiger partial charge in [0.15, 0.2) is 0 Å². The van der Waals surface area contributed by atoms with E-state index in [2.05, 4.69) is 0 Å². The molecule has 0 aliphatic rings. The maximum atomic E-state index is 11.0. The number of rotatable bonds is 4. The number of carbonyl (C=O) groups excluding carboxylic acids is 1. The molecule has 0 saturated carbocycles. The third-order valence-corrected chi connectivity index (χ3v) is 1.97. The van der Waals surface area contributed by atoms with Crippen LogP contribution >= 0.6 is 0 Å². The lowest BCUT2D eigenvalue weighted by atomic mass is 10.2. The van der Waals surface area contributed by atoms with E-state index < -0.39 is 0 Å². The zero-order valence-electron chi connectivity index (χ0n) is 9.59. The number of ether oxygens (including phenoxy) is 1. The highest BCUT2D eigenvalue weighted by Gasteiger charge is 1.95. The molecule has 1 aromatic carbocycles. The highest BCUT2D eigenvalue weighted by molar-refractivity contribution is 5.82. The zero-order chi connectivity index (χ0) is 12.7. The molecule has 90 valence electrons. The first-order valence-electron chi connectivity index (χ1n) is 5.23. The van der Waals surface area contributed by atoms with Crippen LogP contribution in [0.4, 0.5) is 5.69 Å². The first-order valence-corrected chi connectivity index (χ1v) is 5.23. The molecule has 0 fully saturated rings. The molecule has 0 radical (unpaired) electrons. The molecule has 0 spiro atoms. The summed E-state index contributed by atoms with van der Waals surface area (Å²) in [4.78, 5) is 11.0. The van der Waals surface area contributed by atoms with Crippen molar-refractivity contribution in [2.45, 2.75) is 6.92 Å². The molecule has 0 aromatic heterocycles. The molecule has 17 heavy (non-hydrogen) atoms. The van der Waals surface area contributed by atoms with E-state index in [1.165, 1.54) is 12.1 Å². The van der Waals surface area contributed by atoms with Gasteiger partial charge in [0.2, 0.25) is 0 Å². The van der Waals surface area contributed by atoms with Crippen LogP contribution in [0, 0.1) is 0 Å². The van der Waals surface area contributed by atoms with Crippen molar-refractivity contribution < 1.29 is 14.6 Å². The molecule has 0 atom stereocenters. The molecule has 1 rings (SSSR count). The average Bonchev–Trinajstić information content (AvgIpc) is 2.29. The van der Waals surface area contributed by atoms with Crippen LogP contribution in [0.2, 0.25) is 0 Å². The lowest BCUT2D eigenvalue weighted by Gasteiger charge is -1.98. The number of carbonyl (C=O) groups is 1. The van der Waals surface area contributed by atoms with Gasteiger partial charge in [-0.15, -0.1) is 0 Å². The van der Waals surface area contributed by atoms with E-state index in [4.69, 9.17) is 10.5 Å². The van der Waals surface area contributed by atoms with Crippen LogP contribution in [0.5, 0.6) is 5.75 Å². The molecular formula is C13H15NO3. The van der Waals surface area contributed by atoms with Gasteiger partial charge in [0.05, 0.1) is 12.3 Å². The monoisotopic (exact) mass is 233 g/mol. The van der Waals surface area contributed by atoms with Crippen molar-refractivity contribution in [2.75, 3.05) is 12.3 Å². The maximum Gasteiger partial charge on any atom is 0.330 e. The Morgan fingerprint density at radius 1 is 1.47 bits per heavy atom. The molecule has 0 bridgehead atoms. The summed E-state index contributed by atoms with van der Waals surface area (Å²) in [7, 11) is 0. The summed E-state index contributed by atoms with van der Waals surface area (Å²) in [6.45, 7) is 2.11. The number of allylic oxidation sites excluding steroid dienone is 2. The van der Waals surface area contributed by atoms with Crippen molar-refractivity contribution in [3.05, 3.63) is 42.0 Å². The standard InChI is InChI=1S/C13H15NO3/c1-2-17-13(16)6-4-3-5-10-7-8-12(15)11(14)9-10/h3-9,15H,2,14H2,1H3. The summed E-state index contributed by atoms with van der Waals surface area (Å²) >= 11 is 0. The fourth-order valence-corrected chi connectivity index (χ4v) is 1.17. The Morgan fingerprint density at radius 3 is 2.88 bits per heavy atom. The smallest absolute Gasteiger partial charge is 0.330 e. The normalized spacial score (nSPS) is 11.1. The number of phenolic OH excluding ortho intramolecular Hbond substituents is 1. The van der Waals surface area contributed by atoms with Crippen LogP contribution in [0.25, 0.3) is 6.08 Å². The van der Waals surface area contributed by atoms with Gasteiger partial charge in [-0.05, 0) is 24.6 Å². The predicted molar refractivity (Wildman–Crippen MR) is 67.3 cm³/mol. The molecule has 0 aliphatic heterocycles. The number of nitrogens with two attached hydrogens (primary N) is 1. The Balaban J connectivity index is 2.59. The summed E-state index contributed by atoms with van der Waals surface area (Å²) in [6, 6.07) is 4.88. The van der Waals surface area contributed by atoms with Crippen LogP contribution in [-0.4, -0.2) is 17.7 Å². The van der Waals surface area contributed by atoms with Crippen molar-refractivity contribution in [3.8, 4) is 5.75 Å². The molecule has 0 amide bonds. The highest BCUT2D eigenvalue weighted by Crippen LogP contribution is 2.20. The van der Waals surface area contributed by atoms with Gasteiger partial charge in [0.25, 0.3) is 0 Å². The van der Waals surface area contributed by atoms with Crippen molar-refractivity contribution in [3.63, 3.8) is 0 Å². The van der Waals surface area contributed by atoms with Gasteiger partial charge in [0.1, 0.15) is 5.75 Å². The number of esters is 1. The first-order chi connectivity index (χ1) is 8.13. The van der Waals surface area contributed by atoms with E-state index in [0.717, 1.165) is 5.56 Å². The van der Waals surface area contributed by atoms with Gasteiger partial charge in [-0.2, -0.15) is 0 Å². The third-order valence-electron chi connectivity index (χ3n) is 1.97. The van der Waals surface area contributed by atoms with Gasteiger partial charge < -0.3 is 15.6 Å². The number of hydrogen-bond donors (Lipinski definition) is 2. The van der Waals surface area contributed by atoms with Crippen LogP contribution < -0.4 is 5.73 Å². The minimum atomic E-state index is -0.373. The molecule has 0 heterocycles. The number of nitrogen functional groups attached to an aromatic ring is 1. The van der Waals surface area contributed by atoms with E-state index >= 15 is 0 Å². The van der Waals surface area contributed by atoms with Crippen LogP contribution in [0.3, 0.4) is 0 Å². The molecule has 0 aliphatic carbocycles. The number of aromatic hydroxyl groups is 1. The molecule has 0 unspecified atom stereocenters. The lowest BCUT2D eigenvalue weighted by Crippen LogP contribution is -1.98. The number of phenols is 1. The first kappa shape index (κ1) is 12.8. The Kier molecular flexibility index (Phi) is 4.81. The van der Waals surface area contributed by atoms with Crippen LogP contribution in [0.1, 0.15) is 12.5 Å². The average molecular weight is 233 g/mol. The highest BCUT2D eigenvalue weighted by atomic mass is 16.5. The SMILES string of the molecule is CCOC(=O)C=CC=Cc1ccc(O)c(N)c1. The van der Waals surface area contributed by atoms with Crippen LogP contribution in [-0.2, 0) is 9.53 Å². The Labute approximate surface area is 100 Å². The molecule has 4 heteroatoms. The van der Waals surface area contributed by atoms with Crippen molar-refractivity contribution in [1.82, 2.24) is 0 Å². The minimum absolute atomic E-state index is 0.0595. The second-order valence-electron chi connectivity index (χ2n) is 3.29. The molecular weight excluding hydrogens is 218 g/mol. The second kappa shape index (κ2) is 6.37. The molecule has 4 nitrogen and oxygen atoms in total.